The number of hydrogen-bond donors (Lipinski definition) is 0. The maximum absolute atomic E-state index is 11.9. The van der Waals surface area contributed by atoms with Gasteiger partial charge in [0, 0.05) is 0 Å². The number of ketones is 1. The Labute approximate surface area is 73.1 Å². The monoisotopic (exact) mass is 254 g/mol. The summed E-state index contributed by atoms with van der Waals surface area (Å²) in [6.07, 6.45) is -7.96. The van der Waals surface area contributed by atoms with Crippen LogP contribution in [0.25, 0.3) is 0 Å². The number of carbonyl (C=O) groups excluding carboxylic acids is 1. The lowest BCUT2D eigenvalue weighted by atomic mass is 10.2. The molecule has 0 unspecified atom stereocenters. The van der Waals surface area contributed by atoms with Crippen molar-refractivity contribution in [2.24, 2.45) is 0 Å². The maximum Gasteiger partial charge on any atom is 0.395 e. The van der Waals surface area contributed by atoms with Gasteiger partial charge in [-0.25, -0.2) is 0 Å². The van der Waals surface area contributed by atoms with Gasteiger partial charge in [0.1, 0.15) is 12.2 Å². The van der Waals surface area contributed by atoms with Crippen molar-refractivity contribution in [2.75, 3.05) is 0 Å². The molecule has 0 radical (unpaired) electrons. The summed E-state index contributed by atoms with van der Waals surface area (Å²) in [5.74, 6) is -1.54. The lowest BCUT2D eigenvalue weighted by molar-refractivity contribution is -0.154. The number of carbonyl (C=O) groups is 1. The van der Waals surface area contributed by atoms with E-state index in [1.54, 1.807) is 15.9 Å². The molecule has 0 bridgehead atoms. The molecule has 0 heterocycles. The van der Waals surface area contributed by atoms with Gasteiger partial charge in [-0.15, -0.1) is 0 Å². The number of Topliss-reactive ketones (excluding diaryl/α,β-unsaturated/α-hetero) is 1. The lowest BCUT2D eigenvalue weighted by Crippen LogP contribution is -2.20. The Morgan fingerprint density at radius 2 is 1.50 bits per heavy atom. The molecule has 0 fully saturated rings. The van der Waals surface area contributed by atoms with Crippen LogP contribution < -0.4 is 0 Å². The van der Waals surface area contributed by atoms with Gasteiger partial charge >= 0.3 is 11.0 Å². The molecule has 0 saturated heterocycles. The number of rotatable bonds is 3. The van der Waals surface area contributed by atoms with Gasteiger partial charge < -0.3 is 0 Å². The van der Waals surface area contributed by atoms with Gasteiger partial charge in [0.05, 0.1) is 6.42 Å². The average Bonchev–Trinajstić information content (AvgIpc) is 1.49. The fourth-order valence-corrected chi connectivity index (χ4v) is 0.822. The third-order valence-electron chi connectivity index (χ3n) is 0.795. The summed E-state index contributed by atoms with van der Waals surface area (Å²) in [4.78, 5) is 6.70. The van der Waals surface area contributed by atoms with Gasteiger partial charge in [-0.05, 0) is 15.9 Å². The molecule has 72 valence electrons. The third-order valence-corrected chi connectivity index (χ3v) is 1.08. The smallest absolute Gasteiger partial charge is 0.299 e. The summed E-state index contributed by atoms with van der Waals surface area (Å²) >= 11 is 1.77. The van der Waals surface area contributed by atoms with Gasteiger partial charge in [0.15, 0.2) is 0 Å². The van der Waals surface area contributed by atoms with E-state index < -0.39 is 29.6 Å². The fourth-order valence-electron chi connectivity index (χ4n) is 0.510. The molecule has 0 aromatic heterocycles. The molecule has 0 rings (SSSR count). The minimum atomic E-state index is -4.71. The summed E-state index contributed by atoms with van der Waals surface area (Å²) in [7, 11) is 0. The van der Waals surface area contributed by atoms with Crippen LogP contribution in [0.1, 0.15) is 12.8 Å². The van der Waals surface area contributed by atoms with Crippen LogP contribution >= 0.6 is 15.9 Å². The van der Waals surface area contributed by atoms with E-state index in [9.17, 15) is 26.7 Å². The van der Waals surface area contributed by atoms with Crippen molar-refractivity contribution in [3.8, 4) is 0 Å². The molecule has 0 aliphatic heterocycles. The predicted molar refractivity (Wildman–Crippen MR) is 34.2 cm³/mol. The Balaban J connectivity index is 3.92. The molecule has 0 aromatic carbocycles. The largest absolute Gasteiger partial charge is 0.395 e. The van der Waals surface area contributed by atoms with Crippen molar-refractivity contribution in [3.05, 3.63) is 0 Å². The zero-order valence-electron chi connectivity index (χ0n) is 5.59. The van der Waals surface area contributed by atoms with Crippen LogP contribution in [0.15, 0.2) is 0 Å². The highest BCUT2D eigenvalue weighted by Gasteiger charge is 2.36. The summed E-state index contributed by atoms with van der Waals surface area (Å²) in [6, 6.07) is 0. The van der Waals surface area contributed by atoms with Gasteiger partial charge in [-0.3, -0.25) is 4.79 Å². The first-order chi connectivity index (χ1) is 5.10. The van der Waals surface area contributed by atoms with E-state index >= 15 is 0 Å². The first kappa shape index (κ1) is 11.8. The fraction of sp³-hybridized carbons (Fsp3) is 0.800. The lowest BCUT2D eigenvalue weighted by Gasteiger charge is -2.08. The quantitative estimate of drug-likeness (QED) is 0.559. The van der Waals surface area contributed by atoms with Crippen molar-refractivity contribution in [2.45, 2.75) is 23.8 Å². The van der Waals surface area contributed by atoms with Gasteiger partial charge in [-0.2, -0.15) is 22.0 Å². The van der Waals surface area contributed by atoms with Gasteiger partial charge in [0.2, 0.25) is 0 Å². The highest BCUT2D eigenvalue weighted by atomic mass is 79.9. The molecule has 0 saturated carbocycles. The van der Waals surface area contributed by atoms with Crippen molar-refractivity contribution >= 4 is 21.7 Å². The maximum atomic E-state index is 11.9. The van der Waals surface area contributed by atoms with Crippen molar-refractivity contribution in [3.63, 3.8) is 0 Å². The van der Waals surface area contributed by atoms with Crippen molar-refractivity contribution < 1.29 is 26.7 Å². The third kappa shape index (κ3) is 7.90. The molecular weight excluding hydrogens is 251 g/mol. The topological polar surface area (TPSA) is 17.1 Å². The Kier molecular flexibility index (Phi) is 3.61. The van der Waals surface area contributed by atoms with E-state index in [0.717, 1.165) is 0 Å². The second kappa shape index (κ2) is 3.68. The first-order valence-electron chi connectivity index (χ1n) is 2.75. The van der Waals surface area contributed by atoms with E-state index in [-0.39, 0.29) is 0 Å². The van der Waals surface area contributed by atoms with E-state index in [4.69, 9.17) is 0 Å². The second-order valence-electron chi connectivity index (χ2n) is 2.12. The molecule has 0 N–H and O–H groups in total. The minimum absolute atomic E-state index is 1.44. The summed E-state index contributed by atoms with van der Waals surface area (Å²) in [5, 5.41) is 0. The molecular formula is C5H4BrF5O. The Bertz CT molecular complexity index is 152. The summed E-state index contributed by atoms with van der Waals surface area (Å²) in [5.41, 5.74) is 0. The van der Waals surface area contributed by atoms with Crippen LogP contribution in [0, 0.1) is 0 Å². The Morgan fingerprint density at radius 3 is 1.75 bits per heavy atom. The molecule has 7 heteroatoms. The molecule has 1 nitrogen and oxygen atoms in total. The van der Waals surface area contributed by atoms with E-state index in [1.165, 1.54) is 0 Å². The van der Waals surface area contributed by atoms with E-state index in [2.05, 4.69) is 0 Å². The Morgan fingerprint density at radius 1 is 1.08 bits per heavy atom. The first-order valence-corrected chi connectivity index (χ1v) is 3.55. The average molecular weight is 255 g/mol. The molecule has 0 aromatic rings. The minimum Gasteiger partial charge on any atom is -0.299 e. The molecule has 0 spiro atoms. The van der Waals surface area contributed by atoms with Crippen LogP contribution in [0.5, 0.6) is 0 Å². The van der Waals surface area contributed by atoms with Gasteiger partial charge in [-0.1, -0.05) is 0 Å². The summed E-state index contributed by atoms with van der Waals surface area (Å²) < 4.78 is 58.0. The predicted octanol–water partition coefficient (Wildman–Crippen LogP) is 2.89. The summed E-state index contributed by atoms with van der Waals surface area (Å²) in [6.45, 7) is 0. The van der Waals surface area contributed by atoms with E-state index in [0.29, 0.717) is 0 Å². The van der Waals surface area contributed by atoms with Crippen molar-refractivity contribution in [1.29, 1.82) is 0 Å². The molecule has 0 atom stereocenters. The standard InChI is InChI=1S/C5H4BrF5O/c6-4(7,8)1-3(12)2-5(9,10)11/h1-2H2. The normalized spacial score (nSPS) is 13.2. The molecule has 0 amide bonds. The second-order valence-corrected chi connectivity index (χ2v) is 3.28. The van der Waals surface area contributed by atoms with Crippen molar-refractivity contribution in [1.82, 2.24) is 0 Å². The van der Waals surface area contributed by atoms with Gasteiger partial charge in [0.25, 0.3) is 0 Å². The van der Waals surface area contributed by atoms with Crippen LogP contribution in [0.3, 0.4) is 0 Å². The van der Waals surface area contributed by atoms with Crippen LogP contribution in [0.2, 0.25) is 0 Å². The number of hydrogen-bond acceptors (Lipinski definition) is 1. The molecule has 12 heavy (non-hydrogen) atoms. The molecule has 0 aliphatic carbocycles. The highest BCUT2D eigenvalue weighted by Crippen LogP contribution is 2.29. The van der Waals surface area contributed by atoms with Crippen LogP contribution in [-0.4, -0.2) is 16.8 Å². The SMILES string of the molecule is O=C(CC(F)(F)F)CC(F)(F)Br. The Hall–Kier alpha value is -0.200. The highest BCUT2D eigenvalue weighted by molar-refractivity contribution is 9.10. The van der Waals surface area contributed by atoms with Crippen LogP contribution in [0.4, 0.5) is 22.0 Å². The zero-order chi connectivity index (χ0) is 9.99. The zero-order valence-corrected chi connectivity index (χ0v) is 7.18. The van der Waals surface area contributed by atoms with E-state index in [1.807, 2.05) is 0 Å². The molecule has 0 aliphatic rings. The number of halogens is 6. The van der Waals surface area contributed by atoms with Crippen LogP contribution in [-0.2, 0) is 4.79 Å². The number of alkyl halides is 6.